The van der Waals surface area contributed by atoms with Crippen molar-refractivity contribution in [3.8, 4) is 0 Å². The van der Waals surface area contributed by atoms with Crippen molar-refractivity contribution in [1.29, 1.82) is 0 Å². The monoisotopic (exact) mass is 250 g/mol. The molecule has 1 aromatic heterocycles. The SMILES string of the molecule is Cc1nc(N2CCOCC2)nc(C)c1CCCN. The van der Waals surface area contributed by atoms with Gasteiger partial charge >= 0.3 is 0 Å². The Morgan fingerprint density at radius 3 is 2.33 bits per heavy atom. The lowest BCUT2D eigenvalue weighted by atomic mass is 10.1. The summed E-state index contributed by atoms with van der Waals surface area (Å²) in [5.41, 5.74) is 8.97. The van der Waals surface area contributed by atoms with E-state index in [2.05, 4.69) is 28.7 Å². The molecule has 2 rings (SSSR count). The van der Waals surface area contributed by atoms with Gasteiger partial charge in [-0.2, -0.15) is 0 Å². The van der Waals surface area contributed by atoms with Gasteiger partial charge in [-0.3, -0.25) is 0 Å². The van der Waals surface area contributed by atoms with Gasteiger partial charge in [0.1, 0.15) is 0 Å². The number of ether oxygens (including phenoxy) is 1. The molecule has 0 radical (unpaired) electrons. The van der Waals surface area contributed by atoms with Crippen LogP contribution in [0.15, 0.2) is 0 Å². The van der Waals surface area contributed by atoms with Crippen molar-refractivity contribution in [2.24, 2.45) is 5.73 Å². The molecule has 5 nitrogen and oxygen atoms in total. The van der Waals surface area contributed by atoms with Crippen molar-refractivity contribution in [3.05, 3.63) is 17.0 Å². The molecule has 0 unspecified atom stereocenters. The van der Waals surface area contributed by atoms with Gasteiger partial charge in [-0.15, -0.1) is 0 Å². The second kappa shape index (κ2) is 6.11. The molecule has 0 saturated carbocycles. The number of hydrogen-bond donors (Lipinski definition) is 1. The summed E-state index contributed by atoms with van der Waals surface area (Å²) in [7, 11) is 0. The van der Waals surface area contributed by atoms with Crippen LogP contribution in [-0.2, 0) is 11.2 Å². The van der Waals surface area contributed by atoms with Gasteiger partial charge in [-0.05, 0) is 38.8 Å². The molecule has 0 amide bonds. The molecule has 1 aliphatic heterocycles. The maximum Gasteiger partial charge on any atom is 0.225 e. The number of aromatic nitrogens is 2. The summed E-state index contributed by atoms with van der Waals surface area (Å²) in [5.74, 6) is 0.838. The van der Waals surface area contributed by atoms with Crippen LogP contribution in [0.1, 0.15) is 23.4 Å². The van der Waals surface area contributed by atoms with Crippen LogP contribution in [0.5, 0.6) is 0 Å². The van der Waals surface area contributed by atoms with Crippen molar-refractivity contribution >= 4 is 5.95 Å². The summed E-state index contributed by atoms with van der Waals surface area (Å²) >= 11 is 0. The van der Waals surface area contributed by atoms with Crippen LogP contribution in [-0.4, -0.2) is 42.8 Å². The molecule has 1 fully saturated rings. The number of nitrogens with two attached hydrogens (primary N) is 1. The van der Waals surface area contributed by atoms with Crippen molar-refractivity contribution in [1.82, 2.24) is 9.97 Å². The van der Waals surface area contributed by atoms with Crippen LogP contribution in [0.3, 0.4) is 0 Å². The Morgan fingerprint density at radius 2 is 1.78 bits per heavy atom. The molecular formula is C13H22N4O. The van der Waals surface area contributed by atoms with Crippen molar-refractivity contribution < 1.29 is 4.74 Å². The molecule has 0 aromatic carbocycles. The van der Waals surface area contributed by atoms with E-state index in [1.165, 1.54) is 5.56 Å². The number of aryl methyl sites for hydroxylation is 2. The van der Waals surface area contributed by atoms with Crippen molar-refractivity contribution in [2.45, 2.75) is 26.7 Å². The van der Waals surface area contributed by atoms with Crippen LogP contribution >= 0.6 is 0 Å². The Kier molecular flexibility index (Phi) is 4.49. The molecule has 1 aromatic rings. The number of rotatable bonds is 4. The van der Waals surface area contributed by atoms with Crippen LogP contribution in [0.25, 0.3) is 0 Å². The van der Waals surface area contributed by atoms with E-state index in [1.807, 2.05) is 0 Å². The van der Waals surface area contributed by atoms with Crippen molar-refractivity contribution in [2.75, 3.05) is 37.7 Å². The largest absolute Gasteiger partial charge is 0.378 e. The lowest BCUT2D eigenvalue weighted by Gasteiger charge is -2.27. The quantitative estimate of drug-likeness (QED) is 0.857. The molecular weight excluding hydrogens is 228 g/mol. The third-order valence-corrected chi connectivity index (χ3v) is 3.33. The van der Waals surface area contributed by atoms with E-state index >= 15 is 0 Å². The summed E-state index contributed by atoms with van der Waals surface area (Å²) < 4.78 is 5.35. The van der Waals surface area contributed by atoms with E-state index < -0.39 is 0 Å². The van der Waals surface area contributed by atoms with Gasteiger partial charge in [0.15, 0.2) is 0 Å². The standard InChI is InChI=1S/C13H22N4O/c1-10-12(4-3-5-14)11(2)16-13(15-10)17-6-8-18-9-7-17/h3-9,14H2,1-2H3. The summed E-state index contributed by atoms with van der Waals surface area (Å²) in [6.07, 6.45) is 1.96. The molecule has 0 bridgehead atoms. The highest BCUT2D eigenvalue weighted by atomic mass is 16.5. The van der Waals surface area contributed by atoms with Crippen molar-refractivity contribution in [3.63, 3.8) is 0 Å². The third-order valence-electron chi connectivity index (χ3n) is 3.33. The van der Waals surface area contributed by atoms with E-state index in [1.54, 1.807) is 0 Å². The van der Waals surface area contributed by atoms with Gasteiger partial charge in [0.2, 0.25) is 5.95 Å². The summed E-state index contributed by atoms with van der Waals surface area (Å²) in [4.78, 5) is 11.4. The van der Waals surface area contributed by atoms with E-state index in [0.717, 1.165) is 56.5 Å². The maximum atomic E-state index is 5.56. The summed E-state index contributed by atoms with van der Waals surface area (Å²) in [6.45, 7) is 8.11. The average Bonchev–Trinajstić information content (AvgIpc) is 2.39. The van der Waals surface area contributed by atoms with Crippen LogP contribution in [0.4, 0.5) is 5.95 Å². The fourth-order valence-electron chi connectivity index (χ4n) is 2.27. The second-order valence-electron chi connectivity index (χ2n) is 4.66. The van der Waals surface area contributed by atoms with Gasteiger partial charge in [0.25, 0.3) is 0 Å². The molecule has 0 spiro atoms. The highest BCUT2D eigenvalue weighted by molar-refractivity contribution is 5.37. The van der Waals surface area contributed by atoms with E-state index in [9.17, 15) is 0 Å². The Morgan fingerprint density at radius 1 is 1.17 bits per heavy atom. The van der Waals surface area contributed by atoms with E-state index in [-0.39, 0.29) is 0 Å². The molecule has 100 valence electrons. The first-order chi connectivity index (χ1) is 8.72. The second-order valence-corrected chi connectivity index (χ2v) is 4.66. The highest BCUT2D eigenvalue weighted by Gasteiger charge is 2.16. The van der Waals surface area contributed by atoms with Gasteiger partial charge in [-0.1, -0.05) is 0 Å². The smallest absolute Gasteiger partial charge is 0.225 e. The molecule has 0 aliphatic carbocycles. The predicted molar refractivity (Wildman–Crippen MR) is 71.9 cm³/mol. The molecule has 5 heteroatoms. The van der Waals surface area contributed by atoms with Crippen LogP contribution in [0.2, 0.25) is 0 Å². The molecule has 2 N–H and O–H groups in total. The zero-order valence-corrected chi connectivity index (χ0v) is 11.3. The summed E-state index contributed by atoms with van der Waals surface area (Å²) in [6, 6.07) is 0. The van der Waals surface area contributed by atoms with Crippen LogP contribution in [0, 0.1) is 13.8 Å². The molecule has 18 heavy (non-hydrogen) atoms. The highest BCUT2D eigenvalue weighted by Crippen LogP contribution is 2.17. The van der Waals surface area contributed by atoms with E-state index in [0.29, 0.717) is 6.54 Å². The molecule has 0 atom stereocenters. The molecule has 2 heterocycles. The predicted octanol–water partition coefficient (Wildman–Crippen LogP) is 0.821. The zero-order valence-electron chi connectivity index (χ0n) is 11.3. The Labute approximate surface area is 108 Å². The summed E-state index contributed by atoms with van der Waals surface area (Å²) in [5, 5.41) is 0. The molecule has 1 saturated heterocycles. The van der Waals surface area contributed by atoms with Gasteiger partial charge in [0.05, 0.1) is 13.2 Å². The first-order valence-corrected chi connectivity index (χ1v) is 6.59. The molecule has 1 aliphatic rings. The van der Waals surface area contributed by atoms with E-state index in [4.69, 9.17) is 10.5 Å². The first-order valence-electron chi connectivity index (χ1n) is 6.59. The van der Waals surface area contributed by atoms with Gasteiger partial charge in [0, 0.05) is 24.5 Å². The fourth-order valence-corrected chi connectivity index (χ4v) is 2.27. The van der Waals surface area contributed by atoms with Crippen LogP contribution < -0.4 is 10.6 Å². The minimum Gasteiger partial charge on any atom is -0.378 e. The number of morpholine rings is 1. The average molecular weight is 250 g/mol. The third kappa shape index (κ3) is 2.97. The number of nitrogens with zero attached hydrogens (tertiary/aromatic N) is 3. The van der Waals surface area contributed by atoms with Gasteiger partial charge in [-0.25, -0.2) is 9.97 Å². The Bertz CT molecular complexity index is 379. The fraction of sp³-hybridized carbons (Fsp3) is 0.692. The first kappa shape index (κ1) is 13.2. The lowest BCUT2D eigenvalue weighted by molar-refractivity contribution is 0.122. The Hall–Kier alpha value is -1.20. The topological polar surface area (TPSA) is 64.3 Å². The Balaban J connectivity index is 2.18. The number of hydrogen-bond acceptors (Lipinski definition) is 5. The minimum absolute atomic E-state index is 0.712. The zero-order chi connectivity index (χ0) is 13.0. The maximum absolute atomic E-state index is 5.56. The number of anilines is 1. The normalized spacial score (nSPS) is 16.1. The van der Waals surface area contributed by atoms with Gasteiger partial charge < -0.3 is 15.4 Å². The lowest BCUT2D eigenvalue weighted by Crippen LogP contribution is -2.37. The minimum atomic E-state index is 0.712.